The van der Waals surface area contributed by atoms with E-state index in [0.29, 0.717) is 11.5 Å². The van der Waals surface area contributed by atoms with Gasteiger partial charge in [0.2, 0.25) is 0 Å². The van der Waals surface area contributed by atoms with E-state index < -0.39 is 0 Å². The van der Waals surface area contributed by atoms with E-state index in [0.717, 1.165) is 50.3 Å². The Morgan fingerprint density at radius 1 is 0.611 bits per heavy atom. The zero-order chi connectivity index (χ0) is 38.1. The van der Waals surface area contributed by atoms with Gasteiger partial charge >= 0.3 is 0 Å². The number of rotatable bonds is 5. The van der Waals surface area contributed by atoms with Gasteiger partial charge in [-0.15, -0.1) is 29.7 Å². The first-order valence-electron chi connectivity index (χ1n) is 18.6. The maximum atomic E-state index is 6.73. The molecule has 3 aromatic heterocycles. The van der Waals surface area contributed by atoms with E-state index in [4.69, 9.17) is 9.72 Å². The van der Waals surface area contributed by atoms with Crippen LogP contribution >= 0.6 is 0 Å². The second kappa shape index (κ2) is 14.0. The summed E-state index contributed by atoms with van der Waals surface area (Å²) in [4.78, 5) is 4.85. The molecule has 0 atom stereocenters. The Bertz CT molecular complexity index is 2460. The van der Waals surface area contributed by atoms with E-state index in [1.807, 2.05) is 12.3 Å². The van der Waals surface area contributed by atoms with Gasteiger partial charge in [0, 0.05) is 50.5 Å². The van der Waals surface area contributed by atoms with Crippen molar-refractivity contribution in [2.75, 3.05) is 0 Å². The average Bonchev–Trinajstić information content (AvgIpc) is 3.68. The first-order chi connectivity index (χ1) is 24.8. The standard InChI is InChI=1S/C48H52N4O.Pt/c1-45(2,3)32-17-19-35(20-18-32)50-30-43(48(10,11)12)51(31-50)36-25-34(47(7,8)9)26-38(28-36)53-37-21-22-40-39-15-13-14-16-41(39)52(42(40)29-37)44-27-33(23-24-49-44)46(4,5)6;/h13-27,30H,1-12H3;/q-2;. The summed E-state index contributed by atoms with van der Waals surface area (Å²) in [5.41, 5.74) is 8.49. The van der Waals surface area contributed by atoms with Gasteiger partial charge in [0.1, 0.15) is 5.82 Å². The summed E-state index contributed by atoms with van der Waals surface area (Å²) < 4.78 is 13.2. The quantitative estimate of drug-likeness (QED) is 0.127. The van der Waals surface area contributed by atoms with Crippen LogP contribution in [0.4, 0.5) is 0 Å². The number of imidazole rings is 1. The fraction of sp³-hybridized carbons (Fsp3) is 0.333. The number of hydrogen-bond donors (Lipinski definition) is 0. The van der Waals surface area contributed by atoms with Crippen molar-refractivity contribution >= 4 is 21.8 Å². The summed E-state index contributed by atoms with van der Waals surface area (Å²) in [6.07, 6.45) is 7.75. The normalized spacial score (nSPS) is 12.7. The third kappa shape index (κ3) is 7.71. The number of hydrogen-bond acceptors (Lipinski definition) is 2. The molecule has 0 spiro atoms. The number of pyridine rings is 1. The van der Waals surface area contributed by atoms with Gasteiger partial charge in [-0.2, -0.15) is 17.7 Å². The Morgan fingerprint density at radius 3 is 1.93 bits per heavy atom. The van der Waals surface area contributed by atoms with Crippen LogP contribution in [-0.2, 0) is 42.7 Å². The molecule has 0 amide bonds. The second-order valence-electron chi connectivity index (χ2n) is 18.4. The molecular formula is C48H52N4OPt-2. The molecule has 0 aliphatic rings. The van der Waals surface area contributed by atoms with E-state index in [-0.39, 0.29) is 42.7 Å². The van der Waals surface area contributed by atoms with Gasteiger partial charge in [-0.1, -0.05) is 119 Å². The predicted octanol–water partition coefficient (Wildman–Crippen LogP) is 11.6. The topological polar surface area (TPSA) is 35.9 Å². The van der Waals surface area contributed by atoms with Crippen LogP contribution in [0.1, 0.15) is 105 Å². The average molecular weight is 896 g/mol. The summed E-state index contributed by atoms with van der Waals surface area (Å²) in [6, 6.07) is 37.3. The van der Waals surface area contributed by atoms with Crippen molar-refractivity contribution in [2.45, 2.75) is 105 Å². The largest absolute Gasteiger partial charge is 0.510 e. The van der Waals surface area contributed by atoms with E-state index in [9.17, 15) is 0 Å². The molecule has 7 aromatic rings. The van der Waals surface area contributed by atoms with Crippen LogP contribution in [0, 0.1) is 18.5 Å². The Balaban J connectivity index is 0.00000497. The second-order valence-corrected chi connectivity index (χ2v) is 18.4. The number of ether oxygens (including phenoxy) is 1. The van der Waals surface area contributed by atoms with Gasteiger partial charge in [-0.05, 0) is 74.2 Å². The monoisotopic (exact) mass is 895 g/mol. The van der Waals surface area contributed by atoms with Crippen molar-refractivity contribution in [3.63, 3.8) is 0 Å². The molecule has 0 fully saturated rings. The molecule has 0 aliphatic carbocycles. The molecule has 54 heavy (non-hydrogen) atoms. The number of aromatic nitrogens is 4. The van der Waals surface area contributed by atoms with Gasteiger partial charge in [0.25, 0.3) is 6.33 Å². The fourth-order valence-corrected chi connectivity index (χ4v) is 6.77. The molecule has 4 aromatic carbocycles. The molecule has 6 heteroatoms. The van der Waals surface area contributed by atoms with Crippen LogP contribution in [0.5, 0.6) is 11.5 Å². The van der Waals surface area contributed by atoms with Crippen molar-refractivity contribution in [3.05, 3.63) is 138 Å². The van der Waals surface area contributed by atoms with E-state index in [1.165, 1.54) is 11.1 Å². The number of nitrogens with zero attached hydrogens (tertiary/aromatic N) is 4. The Hall–Kier alpha value is -4.47. The molecule has 5 nitrogen and oxygen atoms in total. The minimum absolute atomic E-state index is 0. The van der Waals surface area contributed by atoms with E-state index >= 15 is 0 Å². The van der Waals surface area contributed by atoms with Crippen molar-refractivity contribution in [3.8, 4) is 28.7 Å². The summed E-state index contributed by atoms with van der Waals surface area (Å²) >= 11 is 0. The van der Waals surface area contributed by atoms with Crippen molar-refractivity contribution < 1.29 is 30.4 Å². The number of fused-ring (bicyclic) bond motifs is 3. The number of para-hydroxylation sites is 1. The zero-order valence-corrected chi connectivity index (χ0v) is 36.0. The molecular weight excluding hydrogens is 844 g/mol. The van der Waals surface area contributed by atoms with E-state index in [1.54, 1.807) is 0 Å². The van der Waals surface area contributed by atoms with Gasteiger partial charge in [0.15, 0.2) is 0 Å². The predicted molar refractivity (Wildman–Crippen MR) is 217 cm³/mol. The fourth-order valence-electron chi connectivity index (χ4n) is 6.77. The van der Waals surface area contributed by atoms with Crippen LogP contribution in [0.25, 0.3) is 39.0 Å². The van der Waals surface area contributed by atoms with Gasteiger partial charge < -0.3 is 13.9 Å². The summed E-state index contributed by atoms with van der Waals surface area (Å²) in [7, 11) is 0. The van der Waals surface area contributed by atoms with Crippen molar-refractivity contribution in [2.24, 2.45) is 0 Å². The zero-order valence-electron chi connectivity index (χ0n) is 33.8. The SMILES string of the molecule is CC(C)(C)c1ccc(-[n+]2[c-]n(-c3[c-]c(Oc4[c-]c5c(cc4)c4ccccc4n5-c4cc(C(C)(C)C)ccn4)cc(C(C)(C)C)c3)c(C(C)(C)C)c2)cc1.[Pt]. The maximum Gasteiger partial charge on any atom is 0.267 e. The van der Waals surface area contributed by atoms with Crippen LogP contribution in [0.3, 0.4) is 0 Å². The molecule has 0 saturated carbocycles. The first-order valence-corrected chi connectivity index (χ1v) is 18.6. The minimum Gasteiger partial charge on any atom is -0.510 e. The molecule has 0 radical (unpaired) electrons. The maximum absolute atomic E-state index is 6.73. The van der Waals surface area contributed by atoms with E-state index in [2.05, 4.69) is 200 Å². The third-order valence-corrected chi connectivity index (χ3v) is 10.0. The Labute approximate surface area is 336 Å². The molecule has 0 N–H and O–H groups in total. The smallest absolute Gasteiger partial charge is 0.267 e. The minimum atomic E-state index is -0.162. The summed E-state index contributed by atoms with van der Waals surface area (Å²) in [5, 5.41) is 2.25. The van der Waals surface area contributed by atoms with Crippen LogP contribution in [-0.4, -0.2) is 14.1 Å². The Kier molecular flexibility index (Phi) is 10.2. The van der Waals surface area contributed by atoms with Crippen LogP contribution in [0.2, 0.25) is 0 Å². The molecule has 3 heterocycles. The summed E-state index contributed by atoms with van der Waals surface area (Å²) in [5.74, 6) is 2.10. The molecule has 0 unspecified atom stereocenters. The van der Waals surface area contributed by atoms with Gasteiger partial charge in [0.05, 0.1) is 11.4 Å². The molecule has 282 valence electrons. The third-order valence-electron chi connectivity index (χ3n) is 10.0. The van der Waals surface area contributed by atoms with Crippen molar-refractivity contribution in [1.29, 1.82) is 0 Å². The van der Waals surface area contributed by atoms with Crippen molar-refractivity contribution in [1.82, 2.24) is 14.1 Å². The molecule has 0 saturated heterocycles. The summed E-state index contributed by atoms with van der Waals surface area (Å²) in [6.45, 7) is 26.8. The molecule has 0 bridgehead atoms. The molecule has 0 aliphatic heterocycles. The number of benzene rings is 4. The Morgan fingerprint density at radius 2 is 1.28 bits per heavy atom. The van der Waals surface area contributed by atoms with Crippen LogP contribution in [0.15, 0.2) is 97.3 Å². The van der Waals surface area contributed by atoms with Crippen LogP contribution < -0.4 is 9.30 Å². The van der Waals surface area contributed by atoms with Gasteiger partial charge in [-0.3, -0.25) is 4.57 Å². The first kappa shape index (κ1) is 39.2. The molecule has 7 rings (SSSR count). The van der Waals surface area contributed by atoms with Gasteiger partial charge in [-0.25, -0.2) is 4.98 Å².